The lowest BCUT2D eigenvalue weighted by Gasteiger charge is -2.45. The second-order valence-electron chi connectivity index (χ2n) is 4.85. The summed E-state index contributed by atoms with van der Waals surface area (Å²) < 4.78 is 0. The summed E-state index contributed by atoms with van der Waals surface area (Å²) in [6.45, 7) is 2.22. The topological polar surface area (TPSA) is 26.0 Å². The third-order valence-electron chi connectivity index (χ3n) is 3.50. The Hall–Kier alpha value is -0.240. The summed E-state index contributed by atoms with van der Waals surface area (Å²) in [7, 11) is 0. The fourth-order valence-corrected chi connectivity index (χ4v) is 2.92. The first-order chi connectivity index (χ1) is 7.55. The Kier molecular flexibility index (Phi) is 3.48. The van der Waals surface area contributed by atoms with Crippen LogP contribution in [0.4, 0.5) is 0 Å². The Morgan fingerprint density at radius 2 is 2.00 bits per heavy atom. The van der Waals surface area contributed by atoms with Crippen LogP contribution in [0.15, 0.2) is 18.2 Å². The number of benzene rings is 1. The van der Waals surface area contributed by atoms with Crippen LogP contribution in [-0.4, -0.2) is 0 Å². The van der Waals surface area contributed by atoms with E-state index in [2.05, 4.69) is 6.92 Å². The molecule has 2 rings (SSSR count). The normalized spacial score (nSPS) is 28.9. The summed E-state index contributed by atoms with van der Waals surface area (Å²) in [5.41, 5.74) is 7.31. The number of rotatable bonds is 3. The Morgan fingerprint density at radius 1 is 1.31 bits per heavy atom. The van der Waals surface area contributed by atoms with E-state index in [1.54, 1.807) is 0 Å². The van der Waals surface area contributed by atoms with Crippen LogP contribution >= 0.6 is 23.2 Å². The van der Waals surface area contributed by atoms with Crippen molar-refractivity contribution in [2.45, 2.75) is 38.1 Å². The molecule has 0 radical (unpaired) electrons. The van der Waals surface area contributed by atoms with Gasteiger partial charge in [0.05, 0.1) is 10.0 Å². The van der Waals surface area contributed by atoms with Gasteiger partial charge in [-0.15, -0.1) is 0 Å². The Morgan fingerprint density at radius 3 is 2.56 bits per heavy atom. The molecule has 0 atom stereocenters. The quantitative estimate of drug-likeness (QED) is 0.856. The highest BCUT2D eigenvalue weighted by atomic mass is 35.5. The summed E-state index contributed by atoms with van der Waals surface area (Å²) in [5, 5.41) is 1.20. The van der Waals surface area contributed by atoms with Crippen molar-refractivity contribution in [1.29, 1.82) is 0 Å². The van der Waals surface area contributed by atoms with Crippen molar-refractivity contribution in [3.63, 3.8) is 0 Å². The SMILES string of the molecule is CCCC1CC(N)(c2ccc(Cl)c(Cl)c2)C1. The van der Waals surface area contributed by atoms with Gasteiger partial charge >= 0.3 is 0 Å². The van der Waals surface area contributed by atoms with Crippen LogP contribution in [-0.2, 0) is 5.54 Å². The minimum atomic E-state index is -0.173. The van der Waals surface area contributed by atoms with Crippen molar-refractivity contribution < 1.29 is 0 Å². The molecule has 2 N–H and O–H groups in total. The van der Waals surface area contributed by atoms with Crippen LogP contribution in [0.3, 0.4) is 0 Å². The van der Waals surface area contributed by atoms with Gasteiger partial charge in [-0.05, 0) is 36.5 Å². The molecule has 0 aliphatic heterocycles. The van der Waals surface area contributed by atoms with Gasteiger partial charge in [-0.1, -0.05) is 49.0 Å². The standard InChI is InChI=1S/C13H17Cl2N/c1-2-3-9-7-13(16,8-9)10-4-5-11(14)12(15)6-10/h4-6,9H,2-3,7-8,16H2,1H3. The predicted octanol–water partition coefficient (Wildman–Crippen LogP) is 4.36. The van der Waals surface area contributed by atoms with Crippen molar-refractivity contribution in [3.05, 3.63) is 33.8 Å². The molecule has 3 heteroatoms. The molecule has 0 unspecified atom stereocenters. The van der Waals surface area contributed by atoms with Gasteiger partial charge in [-0.2, -0.15) is 0 Å². The van der Waals surface area contributed by atoms with E-state index < -0.39 is 0 Å². The monoisotopic (exact) mass is 257 g/mol. The maximum atomic E-state index is 6.36. The molecule has 1 aliphatic carbocycles. The minimum absolute atomic E-state index is 0.173. The average Bonchev–Trinajstić information content (AvgIpc) is 2.20. The summed E-state index contributed by atoms with van der Waals surface area (Å²) in [6, 6.07) is 5.74. The van der Waals surface area contributed by atoms with E-state index in [-0.39, 0.29) is 5.54 Å². The molecule has 1 aliphatic rings. The smallest absolute Gasteiger partial charge is 0.0595 e. The third kappa shape index (κ3) is 2.22. The summed E-state index contributed by atoms with van der Waals surface area (Å²) in [5.74, 6) is 0.782. The number of hydrogen-bond donors (Lipinski definition) is 1. The van der Waals surface area contributed by atoms with Crippen LogP contribution < -0.4 is 5.73 Å². The van der Waals surface area contributed by atoms with E-state index >= 15 is 0 Å². The van der Waals surface area contributed by atoms with Crippen LogP contribution in [0.1, 0.15) is 38.2 Å². The van der Waals surface area contributed by atoms with Gasteiger partial charge in [0.15, 0.2) is 0 Å². The first-order valence-electron chi connectivity index (χ1n) is 5.79. The van der Waals surface area contributed by atoms with Gasteiger partial charge in [-0.25, -0.2) is 0 Å². The predicted molar refractivity (Wildman–Crippen MR) is 70.0 cm³/mol. The van der Waals surface area contributed by atoms with Crippen LogP contribution in [0.2, 0.25) is 10.0 Å². The Labute approximate surface area is 107 Å². The maximum absolute atomic E-state index is 6.36. The van der Waals surface area contributed by atoms with Crippen molar-refractivity contribution in [3.8, 4) is 0 Å². The molecule has 1 aromatic carbocycles. The molecule has 1 fully saturated rings. The average molecular weight is 258 g/mol. The fourth-order valence-electron chi connectivity index (χ4n) is 2.62. The molecule has 1 aromatic rings. The lowest BCUT2D eigenvalue weighted by molar-refractivity contribution is 0.138. The highest BCUT2D eigenvalue weighted by molar-refractivity contribution is 6.42. The van der Waals surface area contributed by atoms with Gasteiger partial charge in [0.2, 0.25) is 0 Å². The van der Waals surface area contributed by atoms with Crippen molar-refractivity contribution in [2.75, 3.05) is 0 Å². The second kappa shape index (κ2) is 4.56. The van der Waals surface area contributed by atoms with E-state index in [1.807, 2.05) is 18.2 Å². The maximum Gasteiger partial charge on any atom is 0.0595 e. The highest BCUT2D eigenvalue weighted by Gasteiger charge is 2.41. The van der Waals surface area contributed by atoms with Crippen LogP contribution in [0, 0.1) is 5.92 Å². The molecule has 0 saturated heterocycles. The molecule has 88 valence electrons. The molecule has 0 amide bonds. The zero-order chi connectivity index (χ0) is 11.8. The zero-order valence-corrected chi connectivity index (χ0v) is 11.0. The molecule has 0 spiro atoms. The van der Waals surface area contributed by atoms with Crippen molar-refractivity contribution in [2.24, 2.45) is 11.7 Å². The first-order valence-corrected chi connectivity index (χ1v) is 6.55. The summed E-state index contributed by atoms with van der Waals surface area (Å²) >= 11 is 11.9. The van der Waals surface area contributed by atoms with E-state index in [4.69, 9.17) is 28.9 Å². The lowest BCUT2D eigenvalue weighted by atomic mass is 9.64. The molecule has 0 aromatic heterocycles. The van der Waals surface area contributed by atoms with E-state index in [1.165, 1.54) is 12.8 Å². The highest BCUT2D eigenvalue weighted by Crippen LogP contribution is 2.46. The molecule has 16 heavy (non-hydrogen) atoms. The number of halogens is 2. The van der Waals surface area contributed by atoms with Gasteiger partial charge in [0.1, 0.15) is 0 Å². The third-order valence-corrected chi connectivity index (χ3v) is 4.24. The first kappa shape index (κ1) is 12.2. The molecule has 0 heterocycles. The largest absolute Gasteiger partial charge is 0.321 e. The fraction of sp³-hybridized carbons (Fsp3) is 0.538. The summed E-state index contributed by atoms with van der Waals surface area (Å²) in [4.78, 5) is 0. The number of hydrogen-bond acceptors (Lipinski definition) is 1. The van der Waals surface area contributed by atoms with Crippen LogP contribution in [0.5, 0.6) is 0 Å². The summed E-state index contributed by atoms with van der Waals surface area (Å²) in [6.07, 6.45) is 4.65. The molecule has 0 bridgehead atoms. The molecular formula is C13H17Cl2N. The molecule has 1 nitrogen and oxygen atoms in total. The van der Waals surface area contributed by atoms with Crippen molar-refractivity contribution >= 4 is 23.2 Å². The van der Waals surface area contributed by atoms with E-state index in [9.17, 15) is 0 Å². The molecular weight excluding hydrogens is 241 g/mol. The minimum Gasteiger partial charge on any atom is -0.321 e. The number of nitrogens with two attached hydrogens (primary N) is 1. The van der Waals surface area contributed by atoms with E-state index in [0.29, 0.717) is 10.0 Å². The second-order valence-corrected chi connectivity index (χ2v) is 5.66. The van der Waals surface area contributed by atoms with Crippen LogP contribution in [0.25, 0.3) is 0 Å². The van der Waals surface area contributed by atoms with Crippen molar-refractivity contribution in [1.82, 2.24) is 0 Å². The molecule has 1 saturated carbocycles. The Bertz CT molecular complexity index is 384. The van der Waals surface area contributed by atoms with Gasteiger partial charge < -0.3 is 5.73 Å². The zero-order valence-electron chi connectivity index (χ0n) is 9.47. The van der Waals surface area contributed by atoms with Gasteiger partial charge in [-0.3, -0.25) is 0 Å². The Balaban J connectivity index is 2.11. The van der Waals surface area contributed by atoms with Gasteiger partial charge in [0.25, 0.3) is 0 Å². The lowest BCUT2D eigenvalue weighted by Crippen LogP contribution is -2.48. The van der Waals surface area contributed by atoms with Gasteiger partial charge in [0, 0.05) is 5.54 Å². The van der Waals surface area contributed by atoms with E-state index in [0.717, 1.165) is 24.3 Å².